The van der Waals surface area contributed by atoms with Crippen molar-refractivity contribution in [2.75, 3.05) is 14.8 Å². The molecule has 7 nitrogen and oxygen atoms in total. The summed E-state index contributed by atoms with van der Waals surface area (Å²) in [5, 5.41) is 0. The van der Waals surface area contributed by atoms with Crippen LogP contribution in [0.3, 0.4) is 0 Å². The number of nitrogens with zero attached hydrogens (tertiary/aromatic N) is 1. The molecule has 0 radical (unpaired) electrons. The highest BCUT2D eigenvalue weighted by Gasteiger charge is 2.37. The Hall–Kier alpha value is -2.39. The number of rotatable bonds is 4. The molecule has 3 rings (SSSR count). The van der Waals surface area contributed by atoms with Gasteiger partial charge in [-0.15, -0.1) is 0 Å². The summed E-state index contributed by atoms with van der Waals surface area (Å²) in [6, 6.07) is 9.44. The Balaban J connectivity index is 2.06. The molecule has 0 bridgehead atoms. The number of nitrogens with one attached hydrogen (secondary N) is 1. The van der Waals surface area contributed by atoms with Gasteiger partial charge in [0.15, 0.2) is 0 Å². The third-order valence-electron chi connectivity index (χ3n) is 4.62. The maximum atomic E-state index is 12.9. The van der Waals surface area contributed by atoms with Gasteiger partial charge in [0.2, 0.25) is 15.9 Å². The number of hydrogen-bond donors (Lipinski definition) is 1. The molecular formula is C18H20N2O5S2. The molecule has 1 N–H and O–H groups in total. The summed E-state index contributed by atoms with van der Waals surface area (Å²) in [6.45, 7) is 5.30. The molecule has 1 heterocycles. The molecule has 1 saturated heterocycles. The fourth-order valence-corrected chi connectivity index (χ4v) is 5.77. The molecule has 0 saturated carbocycles. The standard InChI is InChI=1S/C18H20N2O5S2/c1-12-5-4-6-16(14(12)3)19-27(24,25)17-11-15(8-7-13(17)2)20-18(21)9-10-26(20,22)23/h4-8,11,19H,9-10H2,1-3H3. The monoisotopic (exact) mass is 408 g/mol. The van der Waals surface area contributed by atoms with E-state index in [1.165, 1.54) is 18.2 Å². The van der Waals surface area contributed by atoms with Crippen LogP contribution in [0.5, 0.6) is 0 Å². The second-order valence-corrected chi connectivity index (χ2v) is 10.1. The number of benzene rings is 2. The van der Waals surface area contributed by atoms with Gasteiger partial charge in [0.25, 0.3) is 10.0 Å². The van der Waals surface area contributed by atoms with E-state index in [-0.39, 0.29) is 22.8 Å². The molecule has 0 unspecified atom stereocenters. The molecule has 0 atom stereocenters. The van der Waals surface area contributed by atoms with Gasteiger partial charge in [-0.2, -0.15) is 0 Å². The Morgan fingerprint density at radius 3 is 2.37 bits per heavy atom. The molecule has 2 aromatic carbocycles. The van der Waals surface area contributed by atoms with Crippen LogP contribution in [-0.4, -0.2) is 28.5 Å². The van der Waals surface area contributed by atoms with Crippen molar-refractivity contribution in [2.45, 2.75) is 32.1 Å². The van der Waals surface area contributed by atoms with Crippen LogP contribution in [0.4, 0.5) is 11.4 Å². The van der Waals surface area contributed by atoms with Gasteiger partial charge in [0, 0.05) is 6.42 Å². The van der Waals surface area contributed by atoms with Crippen molar-refractivity contribution < 1.29 is 21.6 Å². The number of aryl methyl sites for hydroxylation is 2. The maximum absolute atomic E-state index is 12.9. The molecule has 9 heteroatoms. The first kappa shape index (κ1) is 19.4. The van der Waals surface area contributed by atoms with E-state index < -0.39 is 26.0 Å². The van der Waals surface area contributed by atoms with E-state index in [0.29, 0.717) is 15.6 Å². The van der Waals surface area contributed by atoms with Gasteiger partial charge in [0.05, 0.1) is 22.0 Å². The predicted molar refractivity (Wildman–Crippen MR) is 104 cm³/mol. The quantitative estimate of drug-likeness (QED) is 0.838. The Bertz CT molecular complexity index is 1140. The van der Waals surface area contributed by atoms with Crippen LogP contribution in [0.1, 0.15) is 23.1 Å². The van der Waals surface area contributed by atoms with Crippen LogP contribution < -0.4 is 9.03 Å². The topological polar surface area (TPSA) is 101 Å². The van der Waals surface area contributed by atoms with E-state index in [1.54, 1.807) is 19.1 Å². The Morgan fingerprint density at radius 2 is 1.74 bits per heavy atom. The minimum Gasteiger partial charge on any atom is -0.279 e. The normalized spacial score (nSPS) is 16.6. The molecule has 0 spiro atoms. The van der Waals surface area contributed by atoms with E-state index in [4.69, 9.17) is 0 Å². The maximum Gasteiger partial charge on any atom is 0.262 e. The van der Waals surface area contributed by atoms with Gasteiger partial charge in [-0.3, -0.25) is 9.52 Å². The van der Waals surface area contributed by atoms with Crippen LogP contribution in [0, 0.1) is 20.8 Å². The number of amides is 1. The SMILES string of the molecule is Cc1ccc(N2C(=O)CCS2(=O)=O)cc1S(=O)(=O)Nc1cccc(C)c1C. The van der Waals surface area contributed by atoms with E-state index in [0.717, 1.165) is 11.1 Å². The molecule has 1 fully saturated rings. The first-order valence-electron chi connectivity index (χ1n) is 8.28. The lowest BCUT2D eigenvalue weighted by atomic mass is 10.1. The molecule has 27 heavy (non-hydrogen) atoms. The fraction of sp³-hybridized carbons (Fsp3) is 0.278. The van der Waals surface area contributed by atoms with Gasteiger partial charge in [-0.05, 0) is 55.7 Å². The zero-order chi connectivity index (χ0) is 20.0. The summed E-state index contributed by atoms with van der Waals surface area (Å²) in [5.41, 5.74) is 2.66. The van der Waals surface area contributed by atoms with Crippen molar-refractivity contribution in [3.8, 4) is 0 Å². The molecule has 1 aliphatic heterocycles. The number of hydrogen-bond acceptors (Lipinski definition) is 5. The predicted octanol–water partition coefficient (Wildman–Crippen LogP) is 2.48. The molecule has 1 aliphatic rings. The van der Waals surface area contributed by atoms with Crippen molar-refractivity contribution in [1.29, 1.82) is 0 Å². The van der Waals surface area contributed by atoms with Crippen LogP contribution in [0.15, 0.2) is 41.3 Å². The Labute approximate surface area is 159 Å². The highest BCUT2D eigenvalue weighted by molar-refractivity contribution is 7.94. The summed E-state index contributed by atoms with van der Waals surface area (Å²) in [5.74, 6) is -0.840. The Kier molecular flexibility index (Phi) is 4.77. The van der Waals surface area contributed by atoms with Crippen LogP contribution in [-0.2, 0) is 24.8 Å². The first-order chi connectivity index (χ1) is 12.5. The number of carbonyl (C=O) groups excluding carboxylic acids is 1. The summed E-state index contributed by atoms with van der Waals surface area (Å²) < 4.78 is 53.4. The zero-order valence-electron chi connectivity index (χ0n) is 15.2. The van der Waals surface area contributed by atoms with E-state index in [2.05, 4.69) is 4.72 Å². The van der Waals surface area contributed by atoms with E-state index >= 15 is 0 Å². The second-order valence-electron chi connectivity index (χ2n) is 6.53. The van der Waals surface area contributed by atoms with Crippen molar-refractivity contribution in [2.24, 2.45) is 0 Å². The number of anilines is 2. The third kappa shape index (κ3) is 3.57. The smallest absolute Gasteiger partial charge is 0.262 e. The van der Waals surface area contributed by atoms with Gasteiger partial charge in [-0.1, -0.05) is 18.2 Å². The Morgan fingerprint density at radius 1 is 1.04 bits per heavy atom. The minimum absolute atomic E-state index is 0.0319. The summed E-state index contributed by atoms with van der Waals surface area (Å²) >= 11 is 0. The zero-order valence-corrected chi connectivity index (χ0v) is 16.8. The molecular weight excluding hydrogens is 388 g/mol. The second kappa shape index (κ2) is 6.65. The summed E-state index contributed by atoms with van der Waals surface area (Å²) in [7, 11) is -7.74. The summed E-state index contributed by atoms with van der Waals surface area (Å²) in [4.78, 5) is 11.9. The lowest BCUT2D eigenvalue weighted by Crippen LogP contribution is -2.29. The van der Waals surface area contributed by atoms with Crippen molar-refractivity contribution in [3.63, 3.8) is 0 Å². The van der Waals surface area contributed by atoms with E-state index in [1.807, 2.05) is 19.9 Å². The molecule has 1 amide bonds. The average molecular weight is 409 g/mol. The fourth-order valence-electron chi connectivity index (χ4n) is 2.93. The minimum atomic E-state index is -3.97. The van der Waals surface area contributed by atoms with Gasteiger partial charge in [0.1, 0.15) is 0 Å². The summed E-state index contributed by atoms with van der Waals surface area (Å²) in [6.07, 6.45) is -0.112. The highest BCUT2D eigenvalue weighted by atomic mass is 32.2. The van der Waals surface area contributed by atoms with Crippen LogP contribution >= 0.6 is 0 Å². The first-order valence-corrected chi connectivity index (χ1v) is 11.4. The van der Waals surface area contributed by atoms with Gasteiger partial charge in [-0.25, -0.2) is 21.1 Å². The van der Waals surface area contributed by atoms with Crippen LogP contribution in [0.25, 0.3) is 0 Å². The van der Waals surface area contributed by atoms with Crippen molar-refractivity contribution >= 4 is 37.3 Å². The average Bonchev–Trinajstić information content (AvgIpc) is 2.85. The lowest BCUT2D eigenvalue weighted by Gasteiger charge is -2.18. The third-order valence-corrected chi connectivity index (χ3v) is 7.82. The molecule has 0 aromatic heterocycles. The number of sulfonamides is 2. The van der Waals surface area contributed by atoms with E-state index in [9.17, 15) is 21.6 Å². The highest BCUT2D eigenvalue weighted by Crippen LogP contribution is 2.30. The lowest BCUT2D eigenvalue weighted by molar-refractivity contribution is -0.116. The van der Waals surface area contributed by atoms with Crippen molar-refractivity contribution in [1.82, 2.24) is 0 Å². The van der Waals surface area contributed by atoms with Gasteiger partial charge < -0.3 is 0 Å². The molecule has 2 aromatic rings. The molecule has 0 aliphatic carbocycles. The number of carbonyl (C=O) groups is 1. The van der Waals surface area contributed by atoms with Gasteiger partial charge >= 0.3 is 0 Å². The molecule has 144 valence electrons. The van der Waals surface area contributed by atoms with Crippen molar-refractivity contribution in [3.05, 3.63) is 53.1 Å². The van der Waals surface area contributed by atoms with Crippen LogP contribution in [0.2, 0.25) is 0 Å². The largest absolute Gasteiger partial charge is 0.279 e.